The van der Waals surface area contributed by atoms with E-state index in [2.05, 4.69) is 20.4 Å². The molecule has 2 heterocycles. The summed E-state index contributed by atoms with van der Waals surface area (Å²) < 4.78 is 4.03. The second-order valence-corrected chi connectivity index (χ2v) is 4.51. The molecule has 1 atom stereocenters. The number of aliphatic hydroxyl groups excluding tert-OH is 2. The number of nitrogens with zero attached hydrogens (tertiary/aromatic N) is 7. The zero-order valence-electron chi connectivity index (χ0n) is 12.7. The Kier molecular flexibility index (Phi) is 8.33. The lowest BCUT2D eigenvalue weighted by molar-refractivity contribution is -0.757. The molecule has 0 aliphatic heterocycles. The van der Waals surface area contributed by atoms with Crippen LogP contribution in [0.1, 0.15) is 6.23 Å². The number of hydrogen-bond donors (Lipinski definition) is 3. The summed E-state index contributed by atoms with van der Waals surface area (Å²) in [5.41, 5.74) is 0. The van der Waals surface area contributed by atoms with E-state index >= 15 is 0 Å². The highest BCUT2D eigenvalue weighted by molar-refractivity contribution is 5.53. The summed E-state index contributed by atoms with van der Waals surface area (Å²) in [5, 5.41) is 43.3. The van der Waals surface area contributed by atoms with Crippen molar-refractivity contribution in [1.82, 2.24) is 9.30 Å². The first-order chi connectivity index (χ1) is 11.2. The van der Waals surface area contributed by atoms with E-state index in [0.29, 0.717) is 11.9 Å². The van der Waals surface area contributed by atoms with Crippen LogP contribution in [0.5, 0.6) is 0 Å². The molecule has 0 aliphatic carbocycles. The monoisotopic (exact) mass is 355 g/mol. The topological polar surface area (TPSA) is 124 Å². The van der Waals surface area contributed by atoms with Crippen molar-refractivity contribution in [1.29, 1.82) is 0 Å². The summed E-state index contributed by atoms with van der Waals surface area (Å²) in [5.74, 6) is 0. The minimum Gasteiger partial charge on any atom is -1.00 e. The molecule has 0 aliphatic rings. The third kappa shape index (κ3) is 6.28. The van der Waals surface area contributed by atoms with Crippen molar-refractivity contribution in [3.05, 3.63) is 48.6 Å². The molecule has 2 rings (SSSR count). The summed E-state index contributed by atoms with van der Waals surface area (Å²) in [4.78, 5) is 0. The van der Waals surface area contributed by atoms with Gasteiger partial charge in [-0.05, 0) is 12.1 Å². The Bertz CT molecular complexity index is 721. The van der Waals surface area contributed by atoms with Crippen LogP contribution in [0.3, 0.4) is 0 Å². The van der Waals surface area contributed by atoms with Crippen molar-refractivity contribution in [2.75, 3.05) is 13.2 Å². The molecule has 0 fully saturated rings. The van der Waals surface area contributed by atoms with Gasteiger partial charge in [-0.25, -0.2) is 4.57 Å². The number of hydrogen-bond acceptors (Lipinski definition) is 6. The Morgan fingerprint density at radius 1 is 1.25 bits per heavy atom. The number of azo groups is 1. The fraction of sp³-hybridized carbons (Fsp3) is 0.308. The van der Waals surface area contributed by atoms with E-state index in [1.807, 2.05) is 4.57 Å². The van der Waals surface area contributed by atoms with Gasteiger partial charge in [0.2, 0.25) is 6.23 Å². The predicted octanol–water partition coefficient (Wildman–Crippen LogP) is -3.70. The molecule has 1 unspecified atom stereocenters. The summed E-state index contributed by atoms with van der Waals surface area (Å²) >= 11 is 0. The zero-order valence-corrected chi connectivity index (χ0v) is 13.4. The highest BCUT2D eigenvalue weighted by atomic mass is 35.5. The van der Waals surface area contributed by atoms with Crippen molar-refractivity contribution < 1.29 is 32.4 Å². The first kappa shape index (κ1) is 19.5. The van der Waals surface area contributed by atoms with Gasteiger partial charge in [0.05, 0.1) is 12.0 Å². The van der Waals surface area contributed by atoms with Crippen molar-refractivity contribution in [2.45, 2.75) is 12.8 Å². The Hall–Kier alpha value is -2.56. The van der Waals surface area contributed by atoms with Crippen molar-refractivity contribution in [3.8, 4) is 0 Å². The molecule has 0 saturated heterocycles. The molecule has 0 bridgehead atoms. The maximum atomic E-state index is 9.73. The molecule has 10 nitrogen and oxygen atoms in total. The molecule has 0 amide bonds. The Morgan fingerprint density at radius 3 is 2.62 bits per heavy atom. The number of rotatable bonds is 7. The summed E-state index contributed by atoms with van der Waals surface area (Å²) in [6, 6.07) is 3.51. The van der Waals surface area contributed by atoms with Crippen LogP contribution < -0.4 is 22.3 Å². The van der Waals surface area contributed by atoms with Crippen molar-refractivity contribution in [2.24, 2.45) is 20.4 Å². The maximum absolute atomic E-state index is 9.73. The van der Waals surface area contributed by atoms with Crippen LogP contribution in [-0.4, -0.2) is 44.2 Å². The van der Waals surface area contributed by atoms with Crippen LogP contribution in [0.4, 0.5) is 0 Å². The number of imidazole rings is 1. The number of aliphatic hydroxyl groups is 2. The predicted molar refractivity (Wildman–Crippen MR) is 78.4 cm³/mol. The third-order valence-electron chi connectivity index (χ3n) is 2.82. The molecule has 24 heavy (non-hydrogen) atoms. The lowest BCUT2D eigenvalue weighted by Crippen LogP contribution is -3.00. The molecule has 0 radical (unpaired) electrons. The summed E-state index contributed by atoms with van der Waals surface area (Å²) in [6.07, 6.45) is 8.01. The van der Waals surface area contributed by atoms with Gasteiger partial charge in [0.15, 0.2) is 12.5 Å². The number of aromatic nitrogens is 3. The highest BCUT2D eigenvalue weighted by Crippen LogP contribution is 1.91. The maximum Gasteiger partial charge on any atom is 0.286 e. The molecule has 2 aromatic rings. The van der Waals surface area contributed by atoms with Gasteiger partial charge in [0, 0.05) is 18.9 Å². The molecule has 11 heteroatoms. The van der Waals surface area contributed by atoms with Gasteiger partial charge in [-0.1, -0.05) is 4.73 Å². The fourth-order valence-electron chi connectivity index (χ4n) is 1.68. The number of pyridine rings is 1. The quantitative estimate of drug-likeness (QED) is 0.118. The molecule has 0 saturated carbocycles. The van der Waals surface area contributed by atoms with E-state index in [4.69, 9.17) is 10.3 Å². The van der Waals surface area contributed by atoms with Crippen molar-refractivity contribution >= 4 is 6.34 Å². The average molecular weight is 356 g/mol. The molecule has 0 spiro atoms. The molecule has 2 aromatic heterocycles. The normalized spacial score (nSPS) is 12.4. The Labute approximate surface area is 143 Å². The van der Waals surface area contributed by atoms with Gasteiger partial charge in [-0.15, -0.1) is 15.3 Å². The van der Waals surface area contributed by atoms with E-state index in [-0.39, 0.29) is 25.6 Å². The van der Waals surface area contributed by atoms with E-state index in [0.717, 1.165) is 4.73 Å². The lowest BCUT2D eigenvalue weighted by Gasteiger charge is -2.01. The first-order valence-electron chi connectivity index (χ1n) is 6.84. The lowest BCUT2D eigenvalue weighted by atomic mass is 10.4. The van der Waals surface area contributed by atoms with E-state index in [9.17, 15) is 5.11 Å². The smallest absolute Gasteiger partial charge is 0.286 e. The molecule has 0 aromatic carbocycles. The van der Waals surface area contributed by atoms with Crippen LogP contribution >= 0.6 is 0 Å². The van der Waals surface area contributed by atoms with Gasteiger partial charge in [-0.2, -0.15) is 5.11 Å². The molecular formula is C13H18ClN7O3. The van der Waals surface area contributed by atoms with E-state index in [1.54, 1.807) is 24.5 Å². The summed E-state index contributed by atoms with van der Waals surface area (Å²) in [6.45, 7) is 0.623. The van der Waals surface area contributed by atoms with Crippen LogP contribution in [0.2, 0.25) is 0 Å². The average Bonchev–Trinajstić information content (AvgIpc) is 2.99. The molecular weight excluding hydrogens is 338 g/mol. The minimum absolute atomic E-state index is 0. The fourth-order valence-corrected chi connectivity index (χ4v) is 1.68. The van der Waals surface area contributed by atoms with Gasteiger partial charge >= 0.3 is 0 Å². The van der Waals surface area contributed by atoms with E-state index in [1.165, 1.54) is 29.6 Å². The molecule has 3 N–H and O–H groups in total. The molecule has 130 valence electrons. The van der Waals surface area contributed by atoms with Crippen molar-refractivity contribution in [3.63, 3.8) is 0 Å². The number of halogens is 1. The largest absolute Gasteiger partial charge is 1.00 e. The summed E-state index contributed by atoms with van der Waals surface area (Å²) in [7, 11) is 0. The highest BCUT2D eigenvalue weighted by Gasteiger charge is 2.12. The third-order valence-corrected chi connectivity index (χ3v) is 2.82. The minimum atomic E-state index is -0.923. The zero-order chi connectivity index (χ0) is 16.5. The SMILES string of the molecule is OCCn1ccc(=NN=CN=NCC(O)[n+]2ccn(O)c2)cc1.[Cl-]. The van der Waals surface area contributed by atoms with E-state index < -0.39 is 6.23 Å². The van der Waals surface area contributed by atoms with Gasteiger partial charge in [0.25, 0.3) is 6.33 Å². The second kappa shape index (κ2) is 10.3. The Balaban J connectivity index is 0.00000288. The van der Waals surface area contributed by atoms with Gasteiger partial charge in [-0.3, -0.25) is 0 Å². The van der Waals surface area contributed by atoms with Gasteiger partial charge in [0.1, 0.15) is 12.7 Å². The van der Waals surface area contributed by atoms with Crippen LogP contribution in [-0.2, 0) is 6.54 Å². The first-order valence-corrected chi connectivity index (χ1v) is 6.84. The van der Waals surface area contributed by atoms with Crippen LogP contribution in [0, 0.1) is 0 Å². The second-order valence-electron chi connectivity index (χ2n) is 4.51. The van der Waals surface area contributed by atoms with Gasteiger partial charge < -0.3 is 32.4 Å². The Morgan fingerprint density at radius 2 is 2.00 bits per heavy atom. The van der Waals surface area contributed by atoms with Crippen LogP contribution in [0.25, 0.3) is 0 Å². The van der Waals surface area contributed by atoms with Crippen LogP contribution in [0.15, 0.2) is 63.7 Å². The standard InChI is InChI=1S/C13H18N7O3.ClH/c21-8-7-18-3-1-12(2-4-18)17-16-10-15-14-9-13(22)19-5-6-20(23)11-19;/h1-6,10-11,13,21-23H,7-9H2;1H/q+1;/p-1.